The van der Waals surface area contributed by atoms with E-state index in [1.165, 1.54) is 9.80 Å². The van der Waals surface area contributed by atoms with Crippen molar-refractivity contribution in [2.75, 3.05) is 28.2 Å². The maximum atomic E-state index is 11.9. The molecule has 1 aromatic rings. The molecule has 0 N–H and O–H groups in total. The first-order chi connectivity index (χ1) is 10.4. The van der Waals surface area contributed by atoms with Crippen LogP contribution in [-0.2, 0) is 5.41 Å². The van der Waals surface area contributed by atoms with E-state index in [1.54, 1.807) is 34.3 Å². The van der Waals surface area contributed by atoms with Crippen LogP contribution in [0.3, 0.4) is 0 Å². The highest BCUT2D eigenvalue weighted by atomic mass is 16.6. The van der Waals surface area contributed by atoms with E-state index < -0.39 is 12.2 Å². The molecule has 0 bridgehead atoms. The van der Waals surface area contributed by atoms with E-state index in [-0.39, 0.29) is 16.9 Å². The van der Waals surface area contributed by atoms with Crippen molar-refractivity contribution < 1.29 is 19.1 Å². The van der Waals surface area contributed by atoms with Crippen LogP contribution in [0.5, 0.6) is 11.5 Å². The van der Waals surface area contributed by atoms with Crippen LogP contribution < -0.4 is 9.47 Å². The number of carbonyl (C=O) groups is 2. The normalized spacial score (nSPS) is 11.0. The first-order valence-electron chi connectivity index (χ1n) is 7.37. The van der Waals surface area contributed by atoms with Gasteiger partial charge in [0.05, 0.1) is 0 Å². The molecule has 23 heavy (non-hydrogen) atoms. The summed E-state index contributed by atoms with van der Waals surface area (Å²) in [7, 11) is 6.36. The molecule has 0 atom stereocenters. The lowest BCUT2D eigenvalue weighted by molar-refractivity contribution is 0.160. The second kappa shape index (κ2) is 6.89. The third-order valence-corrected chi connectivity index (χ3v) is 3.22. The first-order valence-corrected chi connectivity index (χ1v) is 7.37. The van der Waals surface area contributed by atoms with Gasteiger partial charge in [-0.05, 0) is 29.5 Å². The van der Waals surface area contributed by atoms with Gasteiger partial charge in [0.15, 0.2) is 11.5 Å². The third kappa shape index (κ3) is 4.87. The number of hydrogen-bond acceptors (Lipinski definition) is 4. The summed E-state index contributed by atoms with van der Waals surface area (Å²) in [5, 5.41) is 0. The lowest BCUT2D eigenvalue weighted by Crippen LogP contribution is -2.28. The quantitative estimate of drug-likeness (QED) is 0.837. The number of nitrogens with zero attached hydrogens (tertiary/aromatic N) is 2. The van der Waals surface area contributed by atoms with Crippen LogP contribution in [0.1, 0.15) is 31.9 Å². The van der Waals surface area contributed by atoms with Crippen LogP contribution in [-0.4, -0.2) is 50.2 Å². The monoisotopic (exact) mass is 322 g/mol. The standard InChI is InChI=1S/C17H26N2O4/c1-11-9-12(17(2,3)4)10-13(22-15(20)18(5)6)14(11)23-16(21)19(7)8/h9-10H,1-8H3. The Bertz CT molecular complexity index is 601. The molecular weight excluding hydrogens is 296 g/mol. The molecule has 0 aliphatic heterocycles. The molecule has 0 aliphatic carbocycles. The number of rotatable bonds is 2. The topological polar surface area (TPSA) is 59.1 Å². The van der Waals surface area contributed by atoms with Gasteiger partial charge in [0.25, 0.3) is 0 Å². The van der Waals surface area contributed by atoms with Crippen molar-refractivity contribution in [2.24, 2.45) is 0 Å². The highest BCUT2D eigenvalue weighted by Gasteiger charge is 2.23. The van der Waals surface area contributed by atoms with Crippen molar-refractivity contribution >= 4 is 12.2 Å². The van der Waals surface area contributed by atoms with Crippen molar-refractivity contribution in [2.45, 2.75) is 33.1 Å². The van der Waals surface area contributed by atoms with Crippen LogP contribution in [0.4, 0.5) is 9.59 Å². The first kappa shape index (κ1) is 18.8. The number of benzene rings is 1. The van der Waals surface area contributed by atoms with Gasteiger partial charge in [0, 0.05) is 28.2 Å². The molecule has 1 rings (SSSR count). The van der Waals surface area contributed by atoms with Crippen molar-refractivity contribution in [3.8, 4) is 11.5 Å². The van der Waals surface area contributed by atoms with Crippen molar-refractivity contribution in [1.29, 1.82) is 0 Å². The average molecular weight is 322 g/mol. The van der Waals surface area contributed by atoms with Gasteiger partial charge in [-0.3, -0.25) is 0 Å². The van der Waals surface area contributed by atoms with E-state index in [0.717, 1.165) is 11.1 Å². The minimum absolute atomic E-state index is 0.131. The lowest BCUT2D eigenvalue weighted by atomic mass is 9.86. The fraction of sp³-hybridized carbons (Fsp3) is 0.529. The molecule has 0 saturated heterocycles. The van der Waals surface area contributed by atoms with Crippen LogP contribution in [0.25, 0.3) is 0 Å². The van der Waals surface area contributed by atoms with Crippen molar-refractivity contribution in [1.82, 2.24) is 9.80 Å². The highest BCUT2D eigenvalue weighted by molar-refractivity contribution is 5.75. The SMILES string of the molecule is Cc1cc(C(C)(C)C)cc(OC(=O)N(C)C)c1OC(=O)N(C)C. The van der Waals surface area contributed by atoms with E-state index in [4.69, 9.17) is 9.47 Å². The van der Waals surface area contributed by atoms with E-state index in [9.17, 15) is 9.59 Å². The molecule has 0 unspecified atom stereocenters. The maximum Gasteiger partial charge on any atom is 0.414 e. The average Bonchev–Trinajstić information content (AvgIpc) is 2.40. The van der Waals surface area contributed by atoms with Gasteiger partial charge in [-0.15, -0.1) is 0 Å². The Balaban J connectivity index is 3.36. The number of amides is 2. The van der Waals surface area contributed by atoms with E-state index in [1.807, 2.05) is 13.0 Å². The maximum absolute atomic E-state index is 11.9. The zero-order valence-electron chi connectivity index (χ0n) is 15.2. The molecule has 6 heteroatoms. The summed E-state index contributed by atoms with van der Waals surface area (Å²) in [5.74, 6) is 0.496. The largest absolute Gasteiger partial charge is 0.414 e. The van der Waals surface area contributed by atoms with E-state index >= 15 is 0 Å². The predicted molar refractivity (Wildman–Crippen MR) is 89.3 cm³/mol. The number of carbonyl (C=O) groups excluding carboxylic acids is 2. The zero-order valence-corrected chi connectivity index (χ0v) is 15.2. The van der Waals surface area contributed by atoms with E-state index in [2.05, 4.69) is 20.8 Å². The molecule has 6 nitrogen and oxygen atoms in total. The van der Waals surface area contributed by atoms with E-state index in [0.29, 0.717) is 0 Å². The summed E-state index contributed by atoms with van der Waals surface area (Å²) in [6.07, 6.45) is -1.06. The molecule has 0 heterocycles. The third-order valence-electron chi connectivity index (χ3n) is 3.22. The van der Waals surface area contributed by atoms with Gasteiger partial charge < -0.3 is 19.3 Å². The number of aryl methyl sites for hydroxylation is 1. The molecular formula is C17H26N2O4. The van der Waals surface area contributed by atoms with Crippen molar-refractivity contribution in [3.63, 3.8) is 0 Å². The molecule has 128 valence electrons. The Morgan fingerprint density at radius 1 is 0.913 bits per heavy atom. The highest BCUT2D eigenvalue weighted by Crippen LogP contribution is 2.37. The minimum atomic E-state index is -0.530. The fourth-order valence-corrected chi connectivity index (χ4v) is 1.75. The van der Waals surface area contributed by atoms with Gasteiger partial charge in [0.2, 0.25) is 0 Å². The molecule has 0 saturated carbocycles. The molecule has 2 amide bonds. The Morgan fingerprint density at radius 2 is 1.39 bits per heavy atom. The lowest BCUT2D eigenvalue weighted by Gasteiger charge is -2.23. The molecule has 1 aromatic carbocycles. The molecule has 0 fully saturated rings. The number of ether oxygens (including phenoxy) is 2. The predicted octanol–water partition coefficient (Wildman–Crippen LogP) is 3.41. The summed E-state index contributed by atoms with van der Waals surface area (Å²) in [5.41, 5.74) is 1.59. The summed E-state index contributed by atoms with van der Waals surface area (Å²) in [6, 6.07) is 3.68. The summed E-state index contributed by atoms with van der Waals surface area (Å²) >= 11 is 0. The zero-order chi connectivity index (χ0) is 17.9. The second-order valence-corrected chi connectivity index (χ2v) is 6.90. The smallest absolute Gasteiger partial charge is 0.406 e. The van der Waals surface area contributed by atoms with Gasteiger partial charge in [-0.1, -0.05) is 26.8 Å². The van der Waals surface area contributed by atoms with Crippen molar-refractivity contribution in [3.05, 3.63) is 23.3 Å². The Morgan fingerprint density at radius 3 is 1.83 bits per heavy atom. The van der Waals surface area contributed by atoms with Gasteiger partial charge in [-0.25, -0.2) is 9.59 Å². The van der Waals surface area contributed by atoms with Crippen LogP contribution >= 0.6 is 0 Å². The Hall–Kier alpha value is -2.24. The van der Waals surface area contributed by atoms with Gasteiger partial charge in [0.1, 0.15) is 0 Å². The van der Waals surface area contributed by atoms with Crippen LogP contribution in [0, 0.1) is 6.92 Å². The number of hydrogen-bond donors (Lipinski definition) is 0. The van der Waals surface area contributed by atoms with Crippen LogP contribution in [0.2, 0.25) is 0 Å². The molecule has 0 spiro atoms. The van der Waals surface area contributed by atoms with Gasteiger partial charge in [-0.2, -0.15) is 0 Å². The Labute approximate surface area is 138 Å². The molecule has 0 aliphatic rings. The second-order valence-electron chi connectivity index (χ2n) is 6.90. The Kier molecular flexibility index (Phi) is 5.64. The minimum Gasteiger partial charge on any atom is -0.406 e. The molecule has 0 radical (unpaired) electrons. The summed E-state index contributed by atoms with van der Waals surface area (Å²) in [4.78, 5) is 26.4. The summed E-state index contributed by atoms with van der Waals surface area (Å²) in [6.45, 7) is 8.00. The van der Waals surface area contributed by atoms with Gasteiger partial charge >= 0.3 is 12.2 Å². The molecule has 0 aromatic heterocycles. The fourth-order valence-electron chi connectivity index (χ4n) is 1.75. The summed E-state index contributed by atoms with van der Waals surface area (Å²) < 4.78 is 10.8. The van der Waals surface area contributed by atoms with Crippen LogP contribution in [0.15, 0.2) is 12.1 Å².